The van der Waals surface area contributed by atoms with E-state index in [1.807, 2.05) is 36.1 Å². The van der Waals surface area contributed by atoms with Crippen molar-refractivity contribution >= 4 is 16.6 Å². The van der Waals surface area contributed by atoms with Gasteiger partial charge in [-0.3, -0.25) is 4.68 Å². The molecule has 0 unspecified atom stereocenters. The number of piperidine rings is 1. The molecule has 0 aliphatic carbocycles. The van der Waals surface area contributed by atoms with E-state index < -0.39 is 0 Å². The van der Waals surface area contributed by atoms with Crippen LogP contribution in [0.25, 0.3) is 10.9 Å². The van der Waals surface area contributed by atoms with Crippen LogP contribution in [0.3, 0.4) is 0 Å². The van der Waals surface area contributed by atoms with Gasteiger partial charge in [0.05, 0.1) is 0 Å². The zero-order valence-electron chi connectivity index (χ0n) is 13.8. The molecule has 2 aromatic heterocycles. The average Bonchev–Trinajstić information content (AvgIpc) is 3.09. The second kappa shape index (κ2) is 6.23. The van der Waals surface area contributed by atoms with Crippen LogP contribution in [0, 0.1) is 18.7 Å². The van der Waals surface area contributed by atoms with Crippen LogP contribution in [0.5, 0.6) is 0 Å². The fourth-order valence-electron chi connectivity index (χ4n) is 3.61. The molecule has 3 heterocycles. The Kier molecular flexibility index (Phi) is 3.92. The highest BCUT2D eigenvalue weighted by Gasteiger charge is 2.22. The number of aromatic nitrogens is 3. The summed E-state index contributed by atoms with van der Waals surface area (Å²) in [5.74, 6) is 0.401. The van der Waals surface area contributed by atoms with Gasteiger partial charge in [0.2, 0.25) is 0 Å². The molecule has 0 amide bonds. The first-order valence-corrected chi connectivity index (χ1v) is 8.49. The van der Waals surface area contributed by atoms with Crippen molar-refractivity contribution in [2.45, 2.75) is 26.3 Å². The van der Waals surface area contributed by atoms with Gasteiger partial charge in [-0.2, -0.15) is 5.10 Å². The van der Waals surface area contributed by atoms with Crippen molar-refractivity contribution in [3.05, 3.63) is 54.2 Å². The van der Waals surface area contributed by atoms with E-state index in [4.69, 9.17) is 0 Å². The highest BCUT2D eigenvalue weighted by Crippen LogP contribution is 2.31. The summed E-state index contributed by atoms with van der Waals surface area (Å²) in [5, 5.41) is 5.21. The lowest BCUT2D eigenvalue weighted by molar-refractivity contribution is 0.342. The Morgan fingerprint density at radius 2 is 2.04 bits per heavy atom. The summed E-state index contributed by atoms with van der Waals surface area (Å²) in [6, 6.07) is 9.26. The lowest BCUT2D eigenvalue weighted by Crippen LogP contribution is -2.35. The van der Waals surface area contributed by atoms with Crippen LogP contribution in [-0.4, -0.2) is 27.9 Å². The number of para-hydroxylation sites is 1. The zero-order valence-corrected chi connectivity index (χ0v) is 13.8. The maximum Gasteiger partial charge on any atom is 0.149 e. The molecule has 24 heavy (non-hydrogen) atoms. The fraction of sp³-hybridized carbons (Fsp3) is 0.368. The van der Waals surface area contributed by atoms with Crippen molar-refractivity contribution in [1.82, 2.24) is 14.8 Å². The summed E-state index contributed by atoms with van der Waals surface area (Å²) >= 11 is 0. The number of hydrogen-bond donors (Lipinski definition) is 0. The first-order valence-electron chi connectivity index (χ1n) is 8.49. The topological polar surface area (TPSA) is 34.0 Å². The molecule has 0 N–H and O–H groups in total. The van der Waals surface area contributed by atoms with E-state index in [0.717, 1.165) is 49.2 Å². The van der Waals surface area contributed by atoms with Gasteiger partial charge in [0, 0.05) is 48.8 Å². The van der Waals surface area contributed by atoms with Gasteiger partial charge in [-0.05, 0) is 43.9 Å². The third-order valence-electron chi connectivity index (χ3n) is 4.86. The maximum absolute atomic E-state index is 14.1. The second-order valence-electron chi connectivity index (χ2n) is 6.58. The van der Waals surface area contributed by atoms with Gasteiger partial charge < -0.3 is 4.90 Å². The predicted molar refractivity (Wildman–Crippen MR) is 93.6 cm³/mol. The van der Waals surface area contributed by atoms with E-state index in [-0.39, 0.29) is 5.82 Å². The molecule has 4 rings (SSSR count). The van der Waals surface area contributed by atoms with Crippen molar-refractivity contribution < 1.29 is 4.39 Å². The molecule has 1 aliphatic heterocycles. The molecular weight excluding hydrogens is 303 g/mol. The number of pyridine rings is 1. The lowest BCUT2D eigenvalue weighted by Gasteiger charge is -2.34. The minimum atomic E-state index is -0.244. The molecular formula is C19H21FN4. The van der Waals surface area contributed by atoms with Crippen molar-refractivity contribution in [3.63, 3.8) is 0 Å². The average molecular weight is 324 g/mol. The number of aryl methyl sites for hydroxylation is 1. The van der Waals surface area contributed by atoms with Gasteiger partial charge in [0.25, 0.3) is 0 Å². The summed E-state index contributed by atoms with van der Waals surface area (Å²) in [5.41, 5.74) is 2.45. The van der Waals surface area contributed by atoms with Gasteiger partial charge in [0.1, 0.15) is 11.3 Å². The van der Waals surface area contributed by atoms with E-state index in [1.165, 1.54) is 6.07 Å². The lowest BCUT2D eigenvalue weighted by atomic mass is 9.96. The van der Waals surface area contributed by atoms with Crippen molar-refractivity contribution in [3.8, 4) is 0 Å². The molecule has 5 heteroatoms. The second-order valence-corrected chi connectivity index (χ2v) is 6.58. The predicted octanol–water partition coefficient (Wildman–Crippen LogP) is 3.80. The van der Waals surface area contributed by atoms with Crippen LogP contribution in [0.15, 0.2) is 42.7 Å². The molecule has 124 valence electrons. The number of fused-ring (bicyclic) bond motifs is 1. The smallest absolute Gasteiger partial charge is 0.149 e. The zero-order chi connectivity index (χ0) is 16.5. The Morgan fingerprint density at radius 1 is 1.21 bits per heavy atom. The number of nitrogens with zero attached hydrogens (tertiary/aromatic N) is 4. The molecule has 4 nitrogen and oxygen atoms in total. The number of rotatable bonds is 3. The van der Waals surface area contributed by atoms with E-state index in [0.29, 0.717) is 11.4 Å². The summed E-state index contributed by atoms with van der Waals surface area (Å²) in [4.78, 5) is 6.75. The third kappa shape index (κ3) is 2.86. The Balaban J connectivity index is 1.55. The first-order chi connectivity index (χ1) is 11.7. The van der Waals surface area contributed by atoms with Crippen LogP contribution in [0.2, 0.25) is 0 Å². The van der Waals surface area contributed by atoms with E-state index in [9.17, 15) is 4.39 Å². The summed E-state index contributed by atoms with van der Waals surface area (Å²) < 4.78 is 16.1. The van der Waals surface area contributed by atoms with Crippen molar-refractivity contribution in [2.75, 3.05) is 18.0 Å². The Labute approximate surface area is 140 Å². The van der Waals surface area contributed by atoms with E-state index in [1.54, 1.807) is 6.07 Å². The largest absolute Gasteiger partial charge is 0.371 e. The number of halogens is 1. The molecule has 3 aromatic rings. The number of benzene rings is 1. The molecule has 1 aromatic carbocycles. The normalized spacial score (nSPS) is 16.0. The van der Waals surface area contributed by atoms with Crippen molar-refractivity contribution in [1.29, 1.82) is 0 Å². The number of hydrogen-bond acceptors (Lipinski definition) is 3. The highest BCUT2D eigenvalue weighted by molar-refractivity contribution is 5.92. The van der Waals surface area contributed by atoms with E-state index >= 15 is 0 Å². The molecule has 0 spiro atoms. The van der Waals surface area contributed by atoms with Gasteiger partial charge in [-0.15, -0.1) is 0 Å². The standard InChI is InChI=1S/C19H21FN4/c1-14-12-18(16-4-2-5-17(20)19(16)22-14)23-10-6-15(7-11-23)13-24-9-3-8-21-24/h2-5,8-9,12,15H,6-7,10-11,13H2,1H3. The van der Waals surface area contributed by atoms with Crippen molar-refractivity contribution in [2.24, 2.45) is 5.92 Å². The maximum atomic E-state index is 14.1. The molecule has 0 atom stereocenters. The monoisotopic (exact) mass is 324 g/mol. The van der Waals surface area contributed by atoms with Gasteiger partial charge in [-0.1, -0.05) is 12.1 Å². The molecule has 1 fully saturated rings. The summed E-state index contributed by atoms with van der Waals surface area (Å²) in [6.07, 6.45) is 6.10. The minimum Gasteiger partial charge on any atom is -0.371 e. The summed E-state index contributed by atoms with van der Waals surface area (Å²) in [7, 11) is 0. The van der Waals surface area contributed by atoms with Crippen LogP contribution in [-0.2, 0) is 6.54 Å². The molecule has 1 saturated heterocycles. The first kappa shape index (κ1) is 15.1. The van der Waals surface area contributed by atoms with E-state index in [2.05, 4.69) is 21.0 Å². The third-order valence-corrected chi connectivity index (χ3v) is 4.86. The molecule has 1 aliphatic rings. The van der Waals surface area contributed by atoms with Crippen LogP contribution in [0.1, 0.15) is 18.5 Å². The summed E-state index contributed by atoms with van der Waals surface area (Å²) in [6.45, 7) is 4.88. The molecule has 0 radical (unpaired) electrons. The Morgan fingerprint density at radius 3 is 2.79 bits per heavy atom. The molecule has 0 bridgehead atoms. The fourth-order valence-corrected chi connectivity index (χ4v) is 3.61. The Hall–Kier alpha value is -2.43. The molecule has 0 saturated carbocycles. The Bertz CT molecular complexity index is 836. The minimum absolute atomic E-state index is 0.244. The van der Waals surface area contributed by atoms with Crippen LogP contribution in [0.4, 0.5) is 10.1 Å². The highest BCUT2D eigenvalue weighted by atomic mass is 19.1. The number of anilines is 1. The quantitative estimate of drug-likeness (QED) is 0.735. The SMILES string of the molecule is Cc1cc(N2CCC(Cn3cccn3)CC2)c2cccc(F)c2n1. The van der Waals surface area contributed by atoms with Gasteiger partial charge in [0.15, 0.2) is 0 Å². The van der Waals surface area contributed by atoms with Crippen LogP contribution >= 0.6 is 0 Å². The van der Waals surface area contributed by atoms with Gasteiger partial charge in [-0.25, -0.2) is 9.37 Å². The van der Waals surface area contributed by atoms with Crippen LogP contribution < -0.4 is 4.90 Å². The van der Waals surface area contributed by atoms with Gasteiger partial charge >= 0.3 is 0 Å².